The molecular formula is C11H13NO4S. The standard InChI is InChI=1S/C11H13NO4S/c1-2-15-11(14)16-12-4-3-10-8(6-12)5-9(7-13)17-10/h5,7H,2-4,6H2,1H3. The van der Waals surface area contributed by atoms with Crippen molar-refractivity contribution in [1.82, 2.24) is 5.06 Å². The number of hydroxylamine groups is 2. The molecule has 0 aromatic carbocycles. The van der Waals surface area contributed by atoms with Crippen molar-refractivity contribution in [3.05, 3.63) is 21.4 Å². The quantitative estimate of drug-likeness (QED) is 0.611. The van der Waals surface area contributed by atoms with Gasteiger partial charge in [-0.2, -0.15) is 0 Å². The normalized spacial score (nSPS) is 15.1. The summed E-state index contributed by atoms with van der Waals surface area (Å²) in [5, 5.41) is 1.56. The highest BCUT2D eigenvalue weighted by Gasteiger charge is 2.22. The number of ether oxygens (including phenoxy) is 1. The maximum Gasteiger partial charge on any atom is 0.527 e. The minimum atomic E-state index is -0.679. The van der Waals surface area contributed by atoms with Gasteiger partial charge in [-0.1, -0.05) is 0 Å². The van der Waals surface area contributed by atoms with Crippen molar-refractivity contribution in [3.8, 4) is 0 Å². The molecule has 2 heterocycles. The van der Waals surface area contributed by atoms with E-state index in [1.54, 1.807) is 12.0 Å². The Morgan fingerprint density at radius 3 is 3.18 bits per heavy atom. The molecule has 0 spiro atoms. The third kappa shape index (κ3) is 2.83. The van der Waals surface area contributed by atoms with Crippen LogP contribution in [-0.2, 0) is 22.5 Å². The second-order valence-corrected chi connectivity index (χ2v) is 4.77. The van der Waals surface area contributed by atoms with Crippen molar-refractivity contribution < 1.29 is 19.2 Å². The van der Waals surface area contributed by atoms with Gasteiger partial charge in [0.25, 0.3) is 0 Å². The summed E-state index contributed by atoms with van der Waals surface area (Å²) in [6.45, 7) is 3.17. The van der Waals surface area contributed by atoms with Gasteiger partial charge in [0.15, 0.2) is 6.29 Å². The molecule has 6 heteroatoms. The van der Waals surface area contributed by atoms with Crippen LogP contribution in [0.1, 0.15) is 27.0 Å². The van der Waals surface area contributed by atoms with Crippen LogP contribution in [0.2, 0.25) is 0 Å². The Kier molecular flexibility index (Phi) is 3.75. The third-order valence-corrected chi connectivity index (χ3v) is 3.60. The lowest BCUT2D eigenvalue weighted by atomic mass is 10.1. The highest BCUT2D eigenvalue weighted by Crippen LogP contribution is 2.27. The maximum absolute atomic E-state index is 11.1. The first-order valence-electron chi connectivity index (χ1n) is 5.39. The van der Waals surface area contributed by atoms with Crippen LogP contribution in [0.25, 0.3) is 0 Å². The Bertz CT molecular complexity index is 429. The maximum atomic E-state index is 11.1. The number of rotatable bonds is 3. The van der Waals surface area contributed by atoms with E-state index in [0.29, 0.717) is 24.6 Å². The lowest BCUT2D eigenvalue weighted by Gasteiger charge is -2.24. The number of nitrogens with zero attached hydrogens (tertiary/aromatic N) is 1. The first kappa shape index (κ1) is 12.1. The molecule has 0 saturated carbocycles. The van der Waals surface area contributed by atoms with E-state index in [2.05, 4.69) is 0 Å². The van der Waals surface area contributed by atoms with Crippen LogP contribution in [0.3, 0.4) is 0 Å². The van der Waals surface area contributed by atoms with E-state index in [9.17, 15) is 9.59 Å². The highest BCUT2D eigenvalue weighted by molar-refractivity contribution is 7.13. The number of carbonyl (C=O) groups excluding carboxylic acids is 2. The minimum Gasteiger partial charge on any atom is -0.433 e. The summed E-state index contributed by atoms with van der Waals surface area (Å²) in [6.07, 6.45) is 0.953. The molecule has 1 aliphatic rings. The van der Waals surface area contributed by atoms with Crippen molar-refractivity contribution >= 4 is 23.8 Å². The second-order valence-electron chi connectivity index (χ2n) is 3.60. The summed E-state index contributed by atoms with van der Waals surface area (Å²) in [4.78, 5) is 28.7. The number of carbonyl (C=O) groups is 2. The van der Waals surface area contributed by atoms with Gasteiger partial charge < -0.3 is 9.57 Å². The zero-order chi connectivity index (χ0) is 12.3. The van der Waals surface area contributed by atoms with Crippen molar-refractivity contribution in [2.75, 3.05) is 13.2 Å². The largest absolute Gasteiger partial charge is 0.527 e. The first-order chi connectivity index (χ1) is 8.22. The highest BCUT2D eigenvalue weighted by atomic mass is 32.1. The second kappa shape index (κ2) is 5.29. The Labute approximate surface area is 103 Å². The lowest BCUT2D eigenvalue weighted by molar-refractivity contribution is -0.136. The third-order valence-electron chi connectivity index (χ3n) is 2.43. The Morgan fingerprint density at radius 1 is 1.65 bits per heavy atom. The van der Waals surface area contributed by atoms with Gasteiger partial charge in [-0.05, 0) is 25.0 Å². The van der Waals surface area contributed by atoms with Gasteiger partial charge in [-0.15, -0.1) is 16.4 Å². The number of aldehydes is 1. The molecule has 0 amide bonds. The summed E-state index contributed by atoms with van der Waals surface area (Å²) in [5.74, 6) is 0. The molecule has 92 valence electrons. The number of fused-ring (bicyclic) bond motifs is 1. The molecule has 0 fully saturated rings. The van der Waals surface area contributed by atoms with Gasteiger partial charge in [0, 0.05) is 11.4 Å². The van der Waals surface area contributed by atoms with E-state index in [1.165, 1.54) is 16.2 Å². The number of thiophene rings is 1. The Morgan fingerprint density at radius 2 is 2.47 bits per heavy atom. The SMILES string of the molecule is CCOC(=O)ON1CCc2sc(C=O)cc2C1. The van der Waals surface area contributed by atoms with Crippen molar-refractivity contribution in [3.63, 3.8) is 0 Å². The fraction of sp³-hybridized carbons (Fsp3) is 0.455. The molecule has 0 bridgehead atoms. The summed E-state index contributed by atoms with van der Waals surface area (Å²) in [6, 6.07) is 1.84. The average Bonchev–Trinajstić information content (AvgIpc) is 2.71. The fourth-order valence-electron chi connectivity index (χ4n) is 1.72. The van der Waals surface area contributed by atoms with E-state index < -0.39 is 6.16 Å². The molecule has 5 nitrogen and oxygen atoms in total. The van der Waals surface area contributed by atoms with Crippen LogP contribution in [-0.4, -0.2) is 30.7 Å². The van der Waals surface area contributed by atoms with E-state index in [4.69, 9.17) is 9.57 Å². The average molecular weight is 255 g/mol. The molecule has 1 aromatic heterocycles. The van der Waals surface area contributed by atoms with Crippen LogP contribution in [0.5, 0.6) is 0 Å². The number of hydrogen-bond donors (Lipinski definition) is 0. The molecule has 0 unspecified atom stereocenters. The summed E-state index contributed by atoms with van der Waals surface area (Å²) in [5.41, 5.74) is 1.05. The van der Waals surface area contributed by atoms with Gasteiger partial charge in [-0.25, -0.2) is 4.79 Å². The smallest absolute Gasteiger partial charge is 0.433 e. The molecular weight excluding hydrogens is 242 g/mol. The topological polar surface area (TPSA) is 55.8 Å². The molecule has 2 rings (SSSR count). The van der Waals surface area contributed by atoms with Crippen molar-refractivity contribution in [1.29, 1.82) is 0 Å². The summed E-state index contributed by atoms with van der Waals surface area (Å²) in [7, 11) is 0. The van der Waals surface area contributed by atoms with E-state index in [1.807, 2.05) is 6.07 Å². The monoisotopic (exact) mass is 255 g/mol. The van der Waals surface area contributed by atoms with Gasteiger partial charge in [0.05, 0.1) is 18.0 Å². The van der Waals surface area contributed by atoms with Crippen molar-refractivity contribution in [2.45, 2.75) is 19.9 Å². The van der Waals surface area contributed by atoms with Crippen LogP contribution in [0.4, 0.5) is 4.79 Å². The predicted octanol–water partition coefficient (Wildman–Crippen LogP) is 2.01. The molecule has 0 saturated heterocycles. The molecule has 0 N–H and O–H groups in total. The van der Waals surface area contributed by atoms with E-state index in [0.717, 1.165) is 18.3 Å². The first-order valence-corrected chi connectivity index (χ1v) is 6.21. The molecule has 1 aliphatic heterocycles. The molecule has 1 aromatic rings. The van der Waals surface area contributed by atoms with Gasteiger partial charge >= 0.3 is 6.16 Å². The molecule has 0 radical (unpaired) electrons. The zero-order valence-corrected chi connectivity index (χ0v) is 10.3. The predicted molar refractivity (Wildman–Crippen MR) is 61.9 cm³/mol. The van der Waals surface area contributed by atoms with Gasteiger partial charge in [0.1, 0.15) is 0 Å². The molecule has 0 atom stereocenters. The van der Waals surface area contributed by atoms with Crippen LogP contribution >= 0.6 is 11.3 Å². The lowest BCUT2D eigenvalue weighted by Crippen LogP contribution is -2.32. The summed E-state index contributed by atoms with van der Waals surface area (Å²) >= 11 is 1.50. The molecule has 17 heavy (non-hydrogen) atoms. The molecule has 0 aliphatic carbocycles. The van der Waals surface area contributed by atoms with E-state index >= 15 is 0 Å². The minimum absolute atomic E-state index is 0.297. The summed E-state index contributed by atoms with van der Waals surface area (Å²) < 4.78 is 4.70. The van der Waals surface area contributed by atoms with E-state index in [-0.39, 0.29) is 0 Å². The zero-order valence-electron chi connectivity index (χ0n) is 9.47. The van der Waals surface area contributed by atoms with Crippen molar-refractivity contribution in [2.24, 2.45) is 0 Å². The van der Waals surface area contributed by atoms with Crippen LogP contribution < -0.4 is 0 Å². The van der Waals surface area contributed by atoms with Crippen LogP contribution in [0.15, 0.2) is 6.07 Å². The van der Waals surface area contributed by atoms with Gasteiger partial charge in [0.2, 0.25) is 0 Å². The van der Waals surface area contributed by atoms with Gasteiger partial charge in [-0.3, -0.25) is 4.79 Å². The fourth-order valence-corrected chi connectivity index (χ4v) is 2.70. The Hall–Kier alpha value is -1.40. The Balaban J connectivity index is 1.98. The number of hydrogen-bond acceptors (Lipinski definition) is 6. The van der Waals surface area contributed by atoms with Crippen LogP contribution in [0, 0.1) is 0 Å².